The molecule has 0 spiro atoms. The summed E-state index contributed by atoms with van der Waals surface area (Å²) < 4.78 is 0. The van der Waals surface area contributed by atoms with Crippen LogP contribution in [0.1, 0.15) is 41.5 Å². The maximum atomic E-state index is 10.1. The molecule has 0 aromatic carbocycles. The first-order valence-corrected chi connectivity index (χ1v) is 3.41. The predicted octanol–water partition coefficient (Wildman–Crippen LogP) is 0.288. The van der Waals surface area contributed by atoms with Gasteiger partial charge in [-0.3, -0.25) is 0 Å². The molecular weight excluding hydrogens is 187 g/mol. The molecule has 0 aliphatic carbocycles. The summed E-state index contributed by atoms with van der Waals surface area (Å²) in [6, 6.07) is 0. The summed E-state index contributed by atoms with van der Waals surface area (Å²) in [7, 11) is 0. The van der Waals surface area contributed by atoms with Gasteiger partial charge in [0, 0.05) is 0 Å². The van der Waals surface area contributed by atoms with E-state index >= 15 is 0 Å². The predicted molar refractivity (Wildman–Crippen MR) is 39.5 cm³/mol. The normalized spacial score (nSPS) is 10.9. The Morgan fingerprint density at radius 1 is 0.636 bits per heavy atom. The summed E-state index contributed by atoms with van der Waals surface area (Å²) in [5.74, 6) is 0. The molecule has 0 aromatic rings. The Bertz CT molecular complexity index is 55.1. The number of hydrogen-bond donors (Lipinski definition) is 0. The van der Waals surface area contributed by atoms with Crippen molar-refractivity contribution < 1.29 is 27.0 Å². The first kappa shape index (κ1) is 17.5. The van der Waals surface area contributed by atoms with Gasteiger partial charge in [-0.05, 0) is 0 Å². The molecule has 0 aromatic heterocycles. The molecule has 0 bridgehead atoms. The van der Waals surface area contributed by atoms with Crippen LogP contribution in [0, 0.1) is 0 Å². The van der Waals surface area contributed by atoms with Crippen LogP contribution in [0.4, 0.5) is 0 Å². The first-order chi connectivity index (χ1) is 4.00. The van der Waals surface area contributed by atoms with E-state index in [-0.39, 0.29) is 16.8 Å². The molecule has 0 fully saturated rings. The van der Waals surface area contributed by atoms with Gasteiger partial charge in [0.25, 0.3) is 0 Å². The van der Waals surface area contributed by atoms with E-state index in [2.05, 4.69) is 0 Å². The van der Waals surface area contributed by atoms with Gasteiger partial charge in [0.05, 0.1) is 0 Å². The van der Waals surface area contributed by atoms with Crippen molar-refractivity contribution in [1.82, 2.24) is 0 Å². The smallest absolute Gasteiger partial charge is 0.850 e. The third kappa shape index (κ3) is 4070. The average molecular weight is 205 g/mol. The Labute approximate surface area is 80.2 Å². The van der Waals surface area contributed by atoms with Gasteiger partial charge in [-0.2, -0.15) is 0 Å². The van der Waals surface area contributed by atoms with Crippen molar-refractivity contribution in [3.05, 3.63) is 0 Å². The van der Waals surface area contributed by atoms with Gasteiger partial charge in [-0.15, -0.1) is 11.2 Å². The first-order valence-electron chi connectivity index (χ1n) is 3.41. The van der Waals surface area contributed by atoms with Gasteiger partial charge in [0.15, 0.2) is 0 Å². The van der Waals surface area contributed by atoms with Crippen LogP contribution in [-0.4, -0.2) is 11.2 Å². The van der Waals surface area contributed by atoms with E-state index in [1.807, 2.05) is 0 Å². The summed E-state index contributed by atoms with van der Waals surface area (Å²) in [4.78, 5) is 0. The van der Waals surface area contributed by atoms with Gasteiger partial charge in [0.2, 0.25) is 0 Å². The van der Waals surface area contributed by atoms with Crippen LogP contribution in [0.3, 0.4) is 0 Å². The Hall–Kier alpha value is 0.426. The second kappa shape index (κ2) is 6.00. The van der Waals surface area contributed by atoms with E-state index < -0.39 is 11.2 Å². The van der Waals surface area contributed by atoms with Crippen LogP contribution in [0.5, 0.6) is 0 Å². The summed E-state index contributed by atoms with van der Waals surface area (Å²) in [6.45, 7) is 9.79. The molecule has 0 saturated heterocycles. The summed E-state index contributed by atoms with van der Waals surface area (Å²) in [6.07, 6.45) is 0. The van der Waals surface area contributed by atoms with Gasteiger partial charge in [-0.1, -0.05) is 41.5 Å². The monoisotopic (exact) mass is 205 g/mol. The molecule has 71 valence electrons. The SMILES string of the molecule is CC(C)(C)[O-].CC(C)(C)[O-].[Co+2]. The van der Waals surface area contributed by atoms with Crippen molar-refractivity contribution in [1.29, 1.82) is 0 Å². The average Bonchev–Trinajstić information content (AvgIpc) is 1.12. The molecule has 2 nitrogen and oxygen atoms in total. The topological polar surface area (TPSA) is 46.1 Å². The standard InChI is InChI=1S/2C4H9O.Co/c2*1-4(2,3)5;/h2*1-3H3;/q2*-1;+2. The van der Waals surface area contributed by atoms with Crippen LogP contribution in [0.15, 0.2) is 0 Å². The number of rotatable bonds is 0. The minimum atomic E-state index is -0.750. The molecule has 1 radical (unpaired) electrons. The fourth-order valence-corrected chi connectivity index (χ4v) is 0. The minimum absolute atomic E-state index is 0. The van der Waals surface area contributed by atoms with Gasteiger partial charge < -0.3 is 10.2 Å². The van der Waals surface area contributed by atoms with E-state index in [1.54, 1.807) is 41.5 Å². The van der Waals surface area contributed by atoms with Gasteiger partial charge in [0.1, 0.15) is 0 Å². The maximum Gasteiger partial charge on any atom is 2.00 e. The molecule has 3 heteroatoms. The molecule has 0 N–H and O–H groups in total. The van der Waals surface area contributed by atoms with Crippen molar-refractivity contribution in [2.75, 3.05) is 0 Å². The second-order valence-corrected chi connectivity index (χ2v) is 4.22. The zero-order valence-electron chi connectivity index (χ0n) is 8.15. The van der Waals surface area contributed by atoms with Crippen molar-refractivity contribution in [3.63, 3.8) is 0 Å². The number of hydrogen-bond acceptors (Lipinski definition) is 2. The Morgan fingerprint density at radius 2 is 0.636 bits per heavy atom. The van der Waals surface area contributed by atoms with Crippen molar-refractivity contribution in [2.45, 2.75) is 52.7 Å². The van der Waals surface area contributed by atoms with E-state index in [1.165, 1.54) is 0 Å². The molecule has 0 heterocycles. The van der Waals surface area contributed by atoms with Crippen molar-refractivity contribution in [3.8, 4) is 0 Å². The van der Waals surface area contributed by atoms with Gasteiger partial charge >= 0.3 is 16.8 Å². The van der Waals surface area contributed by atoms with Gasteiger partial charge in [-0.25, -0.2) is 0 Å². The fraction of sp³-hybridized carbons (Fsp3) is 1.00. The molecule has 0 aliphatic heterocycles. The quantitative estimate of drug-likeness (QED) is 0.570. The molecule has 0 saturated carbocycles. The van der Waals surface area contributed by atoms with E-state index in [0.29, 0.717) is 0 Å². The van der Waals surface area contributed by atoms with E-state index in [4.69, 9.17) is 0 Å². The molecule has 0 amide bonds. The summed E-state index contributed by atoms with van der Waals surface area (Å²) >= 11 is 0. The minimum Gasteiger partial charge on any atom is -0.850 e. The summed E-state index contributed by atoms with van der Waals surface area (Å²) in [5, 5.41) is 20.2. The third-order valence-electron chi connectivity index (χ3n) is 0. The zero-order valence-corrected chi connectivity index (χ0v) is 9.19. The molecule has 0 rings (SSSR count). The Balaban J connectivity index is -0.000000107. The zero-order chi connectivity index (χ0) is 9.00. The van der Waals surface area contributed by atoms with Crippen LogP contribution >= 0.6 is 0 Å². The van der Waals surface area contributed by atoms with Crippen molar-refractivity contribution in [2.24, 2.45) is 0 Å². The van der Waals surface area contributed by atoms with E-state index in [9.17, 15) is 10.2 Å². The maximum absolute atomic E-state index is 10.1. The summed E-state index contributed by atoms with van der Waals surface area (Å²) in [5.41, 5.74) is -1.50. The molecule has 0 atom stereocenters. The largest absolute Gasteiger partial charge is 2.00 e. The molecule has 0 aliphatic rings. The Morgan fingerprint density at radius 3 is 0.636 bits per heavy atom. The second-order valence-electron chi connectivity index (χ2n) is 4.22. The van der Waals surface area contributed by atoms with Crippen LogP contribution in [0.2, 0.25) is 0 Å². The van der Waals surface area contributed by atoms with Crippen LogP contribution < -0.4 is 10.2 Å². The van der Waals surface area contributed by atoms with Crippen molar-refractivity contribution >= 4 is 0 Å². The van der Waals surface area contributed by atoms with Crippen LogP contribution in [-0.2, 0) is 16.8 Å². The molecule has 11 heavy (non-hydrogen) atoms. The van der Waals surface area contributed by atoms with Crippen LogP contribution in [0.25, 0.3) is 0 Å². The molecular formula is C8H18CoO2. The Kier molecular flexibility index (Phi) is 9.54. The van der Waals surface area contributed by atoms with E-state index in [0.717, 1.165) is 0 Å². The molecule has 0 unspecified atom stereocenters. The third-order valence-corrected chi connectivity index (χ3v) is 0. The fourth-order valence-electron chi connectivity index (χ4n) is 0.